The van der Waals surface area contributed by atoms with Crippen molar-refractivity contribution in [2.24, 2.45) is 0 Å². The normalized spacial score (nSPS) is 12.4. The van der Waals surface area contributed by atoms with Gasteiger partial charge in [-0.15, -0.1) is 0 Å². The molecule has 0 unspecified atom stereocenters. The van der Waals surface area contributed by atoms with Crippen molar-refractivity contribution >= 4 is 58.1 Å². The quantitative estimate of drug-likeness (QED) is 0.353. The molecule has 0 aliphatic carbocycles. The zero-order valence-electron chi connectivity index (χ0n) is 18.2. The first-order chi connectivity index (χ1) is 16.7. The molecule has 3 aromatic carbocycles. The summed E-state index contributed by atoms with van der Waals surface area (Å²) in [5.74, 6) is -0.687. The lowest BCUT2D eigenvalue weighted by Crippen LogP contribution is -2.16. The van der Waals surface area contributed by atoms with Crippen molar-refractivity contribution in [3.8, 4) is 0 Å². The summed E-state index contributed by atoms with van der Waals surface area (Å²) < 4.78 is 90.4. The summed E-state index contributed by atoms with van der Waals surface area (Å²) in [6.45, 7) is 0. The van der Waals surface area contributed by atoms with E-state index in [0.717, 1.165) is 35.8 Å². The highest BCUT2D eigenvalue weighted by Crippen LogP contribution is 2.31. The third kappa shape index (κ3) is 5.66. The van der Waals surface area contributed by atoms with Crippen LogP contribution in [0.1, 0.15) is 15.9 Å². The number of hydrogen-bond donors (Lipinski definition) is 2. The van der Waals surface area contributed by atoms with Gasteiger partial charge in [-0.2, -0.15) is 13.2 Å². The monoisotopic (exact) mass is 555 g/mol. The largest absolute Gasteiger partial charge is 0.416 e. The molecule has 4 aromatic rings. The van der Waals surface area contributed by atoms with Gasteiger partial charge in [-0.25, -0.2) is 21.8 Å². The number of nitrogens with one attached hydrogen (secondary N) is 2. The predicted molar refractivity (Wildman–Crippen MR) is 129 cm³/mol. The van der Waals surface area contributed by atoms with Crippen molar-refractivity contribution in [1.82, 2.24) is 4.98 Å². The van der Waals surface area contributed by atoms with Crippen LogP contribution in [0.15, 0.2) is 76.5 Å². The Morgan fingerprint density at radius 2 is 1.64 bits per heavy atom. The summed E-state index contributed by atoms with van der Waals surface area (Å²) in [7, 11) is -7.74. The second-order valence-electron chi connectivity index (χ2n) is 7.59. The number of aromatic nitrogens is 1. The standard InChI is InChI=1S/C22H16F3N3O5S3/c1-35(30,31)16-8-9-18-19(12-16)34-21(26-18)27-20(29)13-4-2-7-17(10-13)36(32,33)28-15-6-3-5-14(11-15)22(23,24)25/h2-12,28H,1H3,(H,26,27,29). The average molecular weight is 556 g/mol. The number of amides is 1. The predicted octanol–water partition coefficient (Wildman–Crippen LogP) is 4.77. The van der Waals surface area contributed by atoms with E-state index in [1.165, 1.54) is 42.5 Å². The fourth-order valence-corrected chi connectivity index (χ4v) is 5.85. The third-order valence-electron chi connectivity index (χ3n) is 4.86. The van der Waals surface area contributed by atoms with Crippen LogP contribution in [0, 0.1) is 0 Å². The van der Waals surface area contributed by atoms with Crippen LogP contribution in [-0.2, 0) is 26.0 Å². The van der Waals surface area contributed by atoms with Gasteiger partial charge in [0.2, 0.25) is 0 Å². The first kappa shape index (κ1) is 25.6. The molecule has 14 heteroatoms. The van der Waals surface area contributed by atoms with E-state index in [1.807, 2.05) is 0 Å². The van der Waals surface area contributed by atoms with Gasteiger partial charge in [0.25, 0.3) is 15.9 Å². The number of sulfonamides is 1. The summed E-state index contributed by atoms with van der Waals surface area (Å²) in [4.78, 5) is 16.7. The van der Waals surface area contributed by atoms with Gasteiger partial charge in [-0.3, -0.25) is 14.8 Å². The number of sulfone groups is 1. The molecule has 8 nitrogen and oxygen atoms in total. The van der Waals surface area contributed by atoms with Gasteiger partial charge in [0.15, 0.2) is 15.0 Å². The van der Waals surface area contributed by atoms with Crippen LogP contribution in [0.2, 0.25) is 0 Å². The second kappa shape index (κ2) is 9.19. The molecule has 0 bridgehead atoms. The van der Waals surface area contributed by atoms with Crippen LogP contribution >= 0.6 is 11.3 Å². The Kier molecular flexibility index (Phi) is 6.53. The molecular weight excluding hydrogens is 539 g/mol. The Labute approximate surface area is 207 Å². The van der Waals surface area contributed by atoms with Crippen LogP contribution in [0.3, 0.4) is 0 Å². The van der Waals surface area contributed by atoms with E-state index in [4.69, 9.17) is 0 Å². The summed E-state index contributed by atoms with van der Waals surface area (Å²) in [6, 6.07) is 13.0. The first-order valence-corrected chi connectivity index (χ1v) is 14.1. The van der Waals surface area contributed by atoms with Crippen LogP contribution in [0.25, 0.3) is 10.2 Å². The van der Waals surface area contributed by atoms with E-state index >= 15 is 0 Å². The van der Waals surface area contributed by atoms with Crippen LogP contribution in [0.5, 0.6) is 0 Å². The maximum Gasteiger partial charge on any atom is 0.416 e. The zero-order chi connectivity index (χ0) is 26.3. The maximum atomic E-state index is 12.9. The second-order valence-corrected chi connectivity index (χ2v) is 12.3. The van der Waals surface area contributed by atoms with E-state index < -0.39 is 37.5 Å². The van der Waals surface area contributed by atoms with Gasteiger partial charge in [0.1, 0.15) is 0 Å². The number of halogens is 3. The molecule has 4 rings (SSSR count). The summed E-state index contributed by atoms with van der Waals surface area (Å²) in [5, 5.41) is 2.70. The average Bonchev–Trinajstić information content (AvgIpc) is 3.19. The van der Waals surface area contributed by atoms with E-state index in [0.29, 0.717) is 16.3 Å². The molecule has 1 amide bonds. The Balaban J connectivity index is 1.55. The highest BCUT2D eigenvalue weighted by Gasteiger charge is 2.30. The number of rotatable bonds is 6. The topological polar surface area (TPSA) is 122 Å². The molecule has 1 aromatic heterocycles. The van der Waals surface area contributed by atoms with Crippen molar-refractivity contribution in [3.05, 3.63) is 77.9 Å². The van der Waals surface area contributed by atoms with Gasteiger partial charge in [0.05, 0.1) is 25.6 Å². The molecule has 188 valence electrons. The van der Waals surface area contributed by atoms with Crippen molar-refractivity contribution in [3.63, 3.8) is 0 Å². The molecule has 0 fully saturated rings. The molecule has 0 aliphatic rings. The fourth-order valence-electron chi connectivity index (χ4n) is 3.14. The van der Waals surface area contributed by atoms with E-state index in [9.17, 15) is 34.8 Å². The van der Waals surface area contributed by atoms with Crippen LogP contribution in [-0.4, -0.2) is 34.0 Å². The van der Waals surface area contributed by atoms with Crippen molar-refractivity contribution < 1.29 is 34.8 Å². The van der Waals surface area contributed by atoms with E-state index in [2.05, 4.69) is 15.0 Å². The number of carbonyl (C=O) groups is 1. The maximum absolute atomic E-state index is 12.9. The highest BCUT2D eigenvalue weighted by atomic mass is 32.2. The Morgan fingerprint density at radius 1 is 0.917 bits per heavy atom. The van der Waals surface area contributed by atoms with E-state index in [1.54, 1.807) is 0 Å². The molecule has 0 spiro atoms. The number of benzene rings is 3. The SMILES string of the molecule is CS(=O)(=O)c1ccc2nc(NC(=O)c3cccc(S(=O)(=O)Nc4cccc(C(F)(F)F)c4)c3)sc2c1. The molecule has 0 saturated heterocycles. The number of carbonyl (C=O) groups excluding carboxylic acids is 1. The molecule has 36 heavy (non-hydrogen) atoms. The minimum absolute atomic E-state index is 0.0435. The summed E-state index contributed by atoms with van der Waals surface area (Å²) >= 11 is 1.04. The van der Waals surface area contributed by atoms with Crippen molar-refractivity contribution in [2.45, 2.75) is 16.0 Å². The van der Waals surface area contributed by atoms with Crippen LogP contribution < -0.4 is 10.0 Å². The Bertz CT molecular complexity index is 1700. The fraction of sp³-hybridized carbons (Fsp3) is 0.0909. The highest BCUT2D eigenvalue weighted by molar-refractivity contribution is 7.92. The number of nitrogens with zero attached hydrogens (tertiary/aromatic N) is 1. The molecular formula is C22H16F3N3O5S3. The molecule has 0 saturated carbocycles. The minimum Gasteiger partial charge on any atom is -0.298 e. The zero-order valence-corrected chi connectivity index (χ0v) is 20.6. The minimum atomic E-state index is -4.65. The third-order valence-corrected chi connectivity index (χ3v) is 8.28. The lowest BCUT2D eigenvalue weighted by atomic mass is 10.2. The first-order valence-electron chi connectivity index (χ1n) is 9.94. The molecule has 0 radical (unpaired) electrons. The van der Waals surface area contributed by atoms with Gasteiger partial charge < -0.3 is 0 Å². The molecule has 0 aliphatic heterocycles. The summed E-state index contributed by atoms with van der Waals surface area (Å²) in [5.41, 5.74) is -0.889. The van der Waals surface area contributed by atoms with Gasteiger partial charge in [-0.1, -0.05) is 23.5 Å². The summed E-state index contributed by atoms with van der Waals surface area (Å²) in [6.07, 6.45) is -3.58. The van der Waals surface area contributed by atoms with Crippen molar-refractivity contribution in [2.75, 3.05) is 16.3 Å². The van der Waals surface area contributed by atoms with Gasteiger partial charge >= 0.3 is 6.18 Å². The number of thiazole rings is 1. The van der Waals surface area contributed by atoms with Crippen LogP contribution in [0.4, 0.5) is 24.0 Å². The smallest absolute Gasteiger partial charge is 0.298 e. The Hall–Kier alpha value is -3.49. The van der Waals surface area contributed by atoms with Gasteiger partial charge in [-0.05, 0) is 54.6 Å². The molecule has 1 heterocycles. The lowest BCUT2D eigenvalue weighted by Gasteiger charge is -2.12. The number of hydrogen-bond acceptors (Lipinski definition) is 7. The number of fused-ring (bicyclic) bond motifs is 1. The van der Waals surface area contributed by atoms with E-state index in [-0.39, 0.29) is 26.2 Å². The molecule has 0 atom stereocenters. The van der Waals surface area contributed by atoms with Crippen molar-refractivity contribution in [1.29, 1.82) is 0 Å². The number of anilines is 2. The Morgan fingerprint density at radius 3 is 2.33 bits per heavy atom. The lowest BCUT2D eigenvalue weighted by molar-refractivity contribution is -0.137. The number of alkyl halides is 3. The molecule has 2 N–H and O–H groups in total. The van der Waals surface area contributed by atoms with Gasteiger partial charge in [0, 0.05) is 17.5 Å².